The molecule has 0 unspecified atom stereocenters. The summed E-state index contributed by atoms with van der Waals surface area (Å²) in [5.41, 5.74) is 3.93. The van der Waals surface area contributed by atoms with E-state index < -0.39 is 0 Å². The summed E-state index contributed by atoms with van der Waals surface area (Å²) in [6, 6.07) is 12.1. The van der Waals surface area contributed by atoms with Crippen LogP contribution in [0.4, 0.5) is 0 Å². The Labute approximate surface area is 161 Å². The van der Waals surface area contributed by atoms with Crippen molar-refractivity contribution < 1.29 is 10.2 Å². The van der Waals surface area contributed by atoms with Crippen LogP contribution in [0.2, 0.25) is 0 Å². The number of hydrogen-bond donors (Lipinski definition) is 2. The van der Waals surface area contributed by atoms with E-state index in [2.05, 4.69) is 24.0 Å². The van der Waals surface area contributed by atoms with Crippen LogP contribution in [-0.4, -0.2) is 21.3 Å². The average molecular weight is 364 g/mol. The third kappa shape index (κ3) is 2.70. The number of aromatic hydroxyl groups is 1. The summed E-state index contributed by atoms with van der Waals surface area (Å²) in [5.74, 6) is 2.54. The van der Waals surface area contributed by atoms with Gasteiger partial charge < -0.3 is 10.2 Å². The second kappa shape index (κ2) is 6.34. The van der Waals surface area contributed by atoms with Gasteiger partial charge in [0.1, 0.15) is 5.75 Å². The first-order chi connectivity index (χ1) is 13.1. The first-order valence-corrected chi connectivity index (χ1v) is 10.5. The van der Waals surface area contributed by atoms with Crippen molar-refractivity contribution in [1.29, 1.82) is 0 Å². The lowest BCUT2D eigenvalue weighted by Crippen LogP contribution is -2.44. The highest BCUT2D eigenvalue weighted by atomic mass is 16.3. The number of rotatable bonds is 2. The number of phenolic OH excluding ortho intramolecular Hbond substituents is 1. The summed E-state index contributed by atoms with van der Waals surface area (Å²) >= 11 is 0. The van der Waals surface area contributed by atoms with Crippen molar-refractivity contribution in [2.45, 2.75) is 57.5 Å². The lowest BCUT2D eigenvalue weighted by Gasteiger charge is -2.50. The minimum absolute atomic E-state index is 0.0367. The topological polar surface area (TPSA) is 53.4 Å². The molecule has 3 aliphatic rings. The smallest absolute Gasteiger partial charge is 0.115 e. The molecule has 2 aromatic rings. The molecule has 0 amide bonds. The van der Waals surface area contributed by atoms with Gasteiger partial charge in [-0.25, -0.2) is 0 Å². The molecule has 5 rings (SSSR count). The van der Waals surface area contributed by atoms with Gasteiger partial charge in [0.05, 0.1) is 6.10 Å². The summed E-state index contributed by atoms with van der Waals surface area (Å²) in [6.07, 6.45) is 8.12. The Kier molecular flexibility index (Phi) is 4.05. The van der Waals surface area contributed by atoms with Gasteiger partial charge in [0, 0.05) is 11.9 Å². The highest BCUT2D eigenvalue weighted by Crippen LogP contribution is 2.62. The fraction of sp³-hybridized carbons (Fsp3) is 0.542. The lowest BCUT2D eigenvalue weighted by molar-refractivity contribution is -0.0326. The minimum atomic E-state index is -0.230. The molecule has 0 radical (unpaired) electrons. The van der Waals surface area contributed by atoms with Crippen LogP contribution in [0, 0.1) is 23.2 Å². The van der Waals surface area contributed by atoms with Crippen molar-refractivity contribution in [2.24, 2.45) is 23.2 Å². The Balaban J connectivity index is 1.42. The Morgan fingerprint density at radius 1 is 1.19 bits per heavy atom. The predicted octanol–water partition coefficient (Wildman–Crippen LogP) is 4.47. The van der Waals surface area contributed by atoms with Gasteiger partial charge >= 0.3 is 0 Å². The molecule has 3 aliphatic carbocycles. The molecule has 3 nitrogen and oxygen atoms in total. The summed E-state index contributed by atoms with van der Waals surface area (Å²) in [6.45, 7) is 2.34. The van der Waals surface area contributed by atoms with E-state index in [0.717, 1.165) is 37.8 Å². The van der Waals surface area contributed by atoms with E-state index in [9.17, 15) is 10.2 Å². The van der Waals surface area contributed by atoms with E-state index >= 15 is 0 Å². The zero-order valence-electron chi connectivity index (χ0n) is 16.0. The highest BCUT2D eigenvalue weighted by molar-refractivity contribution is 5.40. The van der Waals surface area contributed by atoms with E-state index in [1.54, 1.807) is 0 Å². The summed E-state index contributed by atoms with van der Waals surface area (Å²) in [5, 5.41) is 21.1. The van der Waals surface area contributed by atoms with Crippen molar-refractivity contribution in [3.05, 3.63) is 59.4 Å². The minimum Gasteiger partial charge on any atom is -0.508 e. The van der Waals surface area contributed by atoms with Crippen LogP contribution < -0.4 is 0 Å². The molecule has 142 valence electrons. The maximum Gasteiger partial charge on any atom is 0.115 e. The van der Waals surface area contributed by atoms with E-state index in [0.29, 0.717) is 29.4 Å². The summed E-state index contributed by atoms with van der Waals surface area (Å²) < 4.78 is 0. The SMILES string of the molecule is C[C@]12CC[C@@H]3c4ccc(O)cc4CC[C@H]3[C@@H]1C[C@H](Cc1ccccn1)[C@@H]2O. The van der Waals surface area contributed by atoms with Crippen molar-refractivity contribution in [3.8, 4) is 5.75 Å². The van der Waals surface area contributed by atoms with Gasteiger partial charge in [0.25, 0.3) is 0 Å². The number of aliphatic hydroxyl groups is 1. The summed E-state index contributed by atoms with van der Waals surface area (Å²) in [4.78, 5) is 4.50. The molecule has 0 spiro atoms. The van der Waals surface area contributed by atoms with Gasteiger partial charge in [-0.2, -0.15) is 0 Å². The maximum atomic E-state index is 11.3. The maximum absolute atomic E-state index is 11.3. The highest BCUT2D eigenvalue weighted by Gasteiger charge is 2.57. The molecular weight excluding hydrogens is 334 g/mol. The first kappa shape index (κ1) is 17.2. The Bertz CT molecular complexity index is 836. The normalized spacial score (nSPS) is 37.3. The number of aliphatic hydroxyl groups excluding tert-OH is 1. The van der Waals surface area contributed by atoms with Gasteiger partial charge in [0.15, 0.2) is 0 Å². The third-order valence-electron chi connectivity index (χ3n) is 8.02. The molecule has 3 heteroatoms. The molecule has 0 bridgehead atoms. The van der Waals surface area contributed by atoms with E-state index in [4.69, 9.17) is 0 Å². The summed E-state index contributed by atoms with van der Waals surface area (Å²) in [7, 11) is 0. The molecule has 2 saturated carbocycles. The van der Waals surface area contributed by atoms with Crippen molar-refractivity contribution in [2.75, 3.05) is 0 Å². The Morgan fingerprint density at radius 3 is 2.89 bits per heavy atom. The number of aromatic nitrogens is 1. The number of phenols is 1. The van der Waals surface area contributed by atoms with Crippen molar-refractivity contribution in [1.82, 2.24) is 4.98 Å². The van der Waals surface area contributed by atoms with Crippen LogP contribution in [0.3, 0.4) is 0 Å². The molecule has 6 atom stereocenters. The number of benzene rings is 1. The molecule has 0 saturated heterocycles. The van der Waals surface area contributed by atoms with Crippen LogP contribution in [0.25, 0.3) is 0 Å². The van der Waals surface area contributed by atoms with E-state index in [-0.39, 0.29) is 11.5 Å². The monoisotopic (exact) mass is 363 g/mol. The quantitative estimate of drug-likeness (QED) is 0.827. The molecule has 0 aliphatic heterocycles. The predicted molar refractivity (Wildman–Crippen MR) is 106 cm³/mol. The van der Waals surface area contributed by atoms with Gasteiger partial charge in [-0.05, 0) is 103 Å². The molecule has 1 aromatic heterocycles. The van der Waals surface area contributed by atoms with Crippen LogP contribution >= 0.6 is 0 Å². The standard InChI is InChI=1S/C24H29NO2/c1-24-10-9-20-19-8-6-18(26)13-15(19)5-7-21(20)22(24)14-16(23(24)27)12-17-4-2-3-11-25-17/h2-4,6,8,11,13,16,20-23,26-27H,5,7,9-10,12,14H2,1H3/t16-,20+,21+,22-,23-,24-/m0/s1. The lowest BCUT2D eigenvalue weighted by atomic mass is 9.55. The van der Waals surface area contributed by atoms with Gasteiger partial charge in [-0.3, -0.25) is 4.98 Å². The second-order valence-corrected chi connectivity index (χ2v) is 9.31. The zero-order chi connectivity index (χ0) is 18.6. The number of nitrogens with zero attached hydrogens (tertiary/aromatic N) is 1. The Morgan fingerprint density at radius 2 is 2.07 bits per heavy atom. The molecule has 2 fully saturated rings. The van der Waals surface area contributed by atoms with Gasteiger partial charge in [0.2, 0.25) is 0 Å². The fourth-order valence-electron chi connectivity index (χ4n) is 6.70. The van der Waals surface area contributed by atoms with Crippen LogP contribution in [0.15, 0.2) is 42.6 Å². The number of fused-ring (bicyclic) bond motifs is 5. The third-order valence-corrected chi connectivity index (χ3v) is 8.02. The zero-order valence-corrected chi connectivity index (χ0v) is 16.0. The fourth-order valence-corrected chi connectivity index (χ4v) is 6.70. The second-order valence-electron chi connectivity index (χ2n) is 9.31. The van der Waals surface area contributed by atoms with Crippen molar-refractivity contribution >= 4 is 0 Å². The van der Waals surface area contributed by atoms with Crippen LogP contribution in [0.5, 0.6) is 5.75 Å². The van der Waals surface area contributed by atoms with Crippen molar-refractivity contribution in [3.63, 3.8) is 0 Å². The Hall–Kier alpha value is -1.87. The van der Waals surface area contributed by atoms with Crippen LogP contribution in [0.1, 0.15) is 55.3 Å². The number of hydrogen-bond acceptors (Lipinski definition) is 3. The van der Waals surface area contributed by atoms with Gasteiger partial charge in [-0.1, -0.05) is 19.1 Å². The van der Waals surface area contributed by atoms with E-state index in [1.807, 2.05) is 30.5 Å². The molecule has 2 N–H and O–H groups in total. The number of pyridine rings is 1. The molecule has 27 heavy (non-hydrogen) atoms. The molecule has 1 aromatic carbocycles. The molecular formula is C24H29NO2. The van der Waals surface area contributed by atoms with E-state index in [1.165, 1.54) is 17.5 Å². The molecule has 1 heterocycles. The van der Waals surface area contributed by atoms with Gasteiger partial charge in [-0.15, -0.1) is 0 Å². The largest absolute Gasteiger partial charge is 0.508 e. The number of aryl methyl sites for hydroxylation is 1. The van der Waals surface area contributed by atoms with Crippen LogP contribution in [-0.2, 0) is 12.8 Å². The average Bonchev–Trinajstić information content (AvgIpc) is 2.93. The first-order valence-electron chi connectivity index (χ1n) is 10.5.